The van der Waals surface area contributed by atoms with Gasteiger partial charge in [0.2, 0.25) is 0 Å². The van der Waals surface area contributed by atoms with Crippen molar-refractivity contribution in [2.45, 2.75) is 38.4 Å². The molecule has 3 nitrogen and oxygen atoms in total. The van der Waals surface area contributed by atoms with E-state index in [0.717, 1.165) is 26.4 Å². The van der Waals surface area contributed by atoms with E-state index < -0.39 is 0 Å². The Morgan fingerprint density at radius 1 is 1.00 bits per heavy atom. The van der Waals surface area contributed by atoms with Gasteiger partial charge in [0.05, 0.1) is 26.4 Å². The quantitative estimate of drug-likeness (QED) is 0.784. The van der Waals surface area contributed by atoms with E-state index in [1.54, 1.807) is 0 Å². The van der Waals surface area contributed by atoms with Crippen LogP contribution >= 0.6 is 0 Å². The summed E-state index contributed by atoms with van der Waals surface area (Å²) in [5.41, 5.74) is 1.69. The van der Waals surface area contributed by atoms with E-state index in [1.165, 1.54) is 5.56 Å². The lowest BCUT2D eigenvalue weighted by Crippen LogP contribution is -2.10. The molecule has 0 N–H and O–H groups in total. The molecule has 106 valence electrons. The molecule has 3 heteroatoms. The van der Waals surface area contributed by atoms with Crippen LogP contribution < -0.4 is 0 Å². The maximum absolute atomic E-state index is 5.23. The van der Waals surface area contributed by atoms with Crippen LogP contribution in [0.3, 0.4) is 0 Å². The number of ether oxygens (including phenoxy) is 3. The zero-order valence-corrected chi connectivity index (χ0v) is 12.1. The second-order valence-corrected chi connectivity index (χ2v) is 6.06. The van der Waals surface area contributed by atoms with E-state index >= 15 is 0 Å². The van der Waals surface area contributed by atoms with Crippen molar-refractivity contribution in [2.24, 2.45) is 0 Å². The summed E-state index contributed by atoms with van der Waals surface area (Å²) in [5, 5.41) is 0. The summed E-state index contributed by atoms with van der Waals surface area (Å²) in [6, 6.07) is 10.6. The molecule has 0 spiro atoms. The van der Waals surface area contributed by atoms with Crippen LogP contribution in [0.1, 0.15) is 26.3 Å². The molecular formula is C16H24O3. The Labute approximate surface area is 115 Å². The van der Waals surface area contributed by atoms with Crippen LogP contribution in [0.15, 0.2) is 30.3 Å². The second-order valence-electron chi connectivity index (χ2n) is 6.06. The second kappa shape index (κ2) is 6.51. The van der Waals surface area contributed by atoms with E-state index in [9.17, 15) is 0 Å². The summed E-state index contributed by atoms with van der Waals surface area (Å²) < 4.78 is 15.1. The van der Waals surface area contributed by atoms with Gasteiger partial charge in [-0.05, 0) is 11.0 Å². The molecule has 2 atom stereocenters. The molecule has 0 amide bonds. The van der Waals surface area contributed by atoms with Gasteiger partial charge in [0.25, 0.3) is 0 Å². The normalized spacial score (nSPS) is 24.4. The van der Waals surface area contributed by atoms with Crippen molar-refractivity contribution >= 4 is 0 Å². The molecule has 1 aromatic rings. The van der Waals surface area contributed by atoms with Gasteiger partial charge in [0, 0.05) is 0 Å². The fourth-order valence-corrected chi connectivity index (χ4v) is 1.60. The van der Waals surface area contributed by atoms with Crippen LogP contribution in [-0.2, 0) is 19.6 Å². The van der Waals surface area contributed by atoms with Gasteiger partial charge in [-0.1, -0.05) is 51.1 Å². The third-order valence-corrected chi connectivity index (χ3v) is 3.05. The van der Waals surface area contributed by atoms with Crippen molar-refractivity contribution in [3.05, 3.63) is 35.9 Å². The number of epoxide rings is 2. The lowest BCUT2D eigenvalue weighted by molar-refractivity contribution is 0.102. The summed E-state index contributed by atoms with van der Waals surface area (Å²) in [4.78, 5) is 0. The first-order valence-corrected chi connectivity index (χ1v) is 6.92. The van der Waals surface area contributed by atoms with E-state index in [-0.39, 0.29) is 0 Å². The van der Waals surface area contributed by atoms with Gasteiger partial charge < -0.3 is 14.2 Å². The van der Waals surface area contributed by atoms with Crippen LogP contribution in [0.4, 0.5) is 0 Å². The zero-order valence-electron chi connectivity index (χ0n) is 12.1. The molecule has 2 fully saturated rings. The number of benzene rings is 1. The topological polar surface area (TPSA) is 34.3 Å². The van der Waals surface area contributed by atoms with Crippen LogP contribution in [0, 0.1) is 0 Å². The largest absolute Gasteiger partial charge is 0.376 e. The van der Waals surface area contributed by atoms with Crippen molar-refractivity contribution in [3.63, 3.8) is 0 Å². The van der Waals surface area contributed by atoms with E-state index in [2.05, 4.69) is 51.1 Å². The van der Waals surface area contributed by atoms with Crippen molar-refractivity contribution in [1.29, 1.82) is 0 Å². The first-order chi connectivity index (χ1) is 9.05. The SMILES string of the molecule is C(OCC1CO1)C1CO1.CC(C)(C)c1ccccc1. The molecule has 0 saturated carbocycles. The maximum atomic E-state index is 5.23. The predicted octanol–water partition coefficient (Wildman–Crippen LogP) is 2.78. The lowest BCUT2D eigenvalue weighted by Gasteiger charge is -2.18. The highest BCUT2D eigenvalue weighted by atomic mass is 16.6. The Balaban J connectivity index is 0.000000141. The van der Waals surface area contributed by atoms with Crippen LogP contribution in [0.2, 0.25) is 0 Å². The monoisotopic (exact) mass is 264 g/mol. The Morgan fingerprint density at radius 3 is 1.79 bits per heavy atom. The van der Waals surface area contributed by atoms with E-state index in [1.807, 2.05) is 0 Å². The molecule has 2 aliphatic heterocycles. The molecule has 19 heavy (non-hydrogen) atoms. The van der Waals surface area contributed by atoms with Crippen LogP contribution in [0.25, 0.3) is 0 Å². The molecule has 3 rings (SSSR count). The average molecular weight is 264 g/mol. The Kier molecular flexibility index (Phi) is 4.97. The maximum Gasteiger partial charge on any atom is 0.104 e. The Bertz CT molecular complexity index is 349. The summed E-state index contributed by atoms with van der Waals surface area (Å²) in [6.45, 7) is 9.93. The summed E-state index contributed by atoms with van der Waals surface area (Å²) in [7, 11) is 0. The van der Waals surface area contributed by atoms with E-state index in [4.69, 9.17) is 14.2 Å². The fourth-order valence-electron chi connectivity index (χ4n) is 1.60. The summed E-state index contributed by atoms with van der Waals surface area (Å²) in [5.74, 6) is 0. The molecule has 0 aromatic heterocycles. The molecule has 0 aliphatic carbocycles. The summed E-state index contributed by atoms with van der Waals surface area (Å²) in [6.07, 6.45) is 0.785. The van der Waals surface area contributed by atoms with Gasteiger partial charge in [0.1, 0.15) is 12.2 Å². The number of hydrogen-bond donors (Lipinski definition) is 0. The molecule has 2 heterocycles. The summed E-state index contributed by atoms with van der Waals surface area (Å²) >= 11 is 0. The van der Waals surface area contributed by atoms with Crippen LogP contribution in [-0.4, -0.2) is 38.6 Å². The van der Waals surface area contributed by atoms with Crippen molar-refractivity contribution in [3.8, 4) is 0 Å². The molecule has 0 bridgehead atoms. The predicted molar refractivity (Wildman–Crippen MR) is 75.4 cm³/mol. The highest BCUT2D eigenvalue weighted by Crippen LogP contribution is 2.20. The average Bonchev–Trinajstić information content (AvgIpc) is 3.25. The van der Waals surface area contributed by atoms with Crippen molar-refractivity contribution < 1.29 is 14.2 Å². The highest BCUT2D eigenvalue weighted by molar-refractivity contribution is 5.21. The van der Waals surface area contributed by atoms with E-state index in [0.29, 0.717) is 17.6 Å². The fraction of sp³-hybridized carbons (Fsp3) is 0.625. The lowest BCUT2D eigenvalue weighted by atomic mass is 9.87. The van der Waals surface area contributed by atoms with Gasteiger partial charge in [0.15, 0.2) is 0 Å². The molecular weight excluding hydrogens is 240 g/mol. The molecule has 2 saturated heterocycles. The van der Waals surface area contributed by atoms with Gasteiger partial charge >= 0.3 is 0 Å². The minimum Gasteiger partial charge on any atom is -0.376 e. The minimum absolute atomic E-state index is 0.293. The third kappa shape index (κ3) is 6.19. The molecule has 2 unspecified atom stereocenters. The molecule has 0 radical (unpaired) electrons. The van der Waals surface area contributed by atoms with Crippen molar-refractivity contribution in [2.75, 3.05) is 26.4 Å². The van der Waals surface area contributed by atoms with Crippen molar-refractivity contribution in [1.82, 2.24) is 0 Å². The highest BCUT2D eigenvalue weighted by Gasteiger charge is 2.26. The number of rotatable bonds is 4. The van der Waals surface area contributed by atoms with Gasteiger partial charge in [-0.3, -0.25) is 0 Å². The number of hydrogen-bond acceptors (Lipinski definition) is 3. The first-order valence-electron chi connectivity index (χ1n) is 6.92. The standard InChI is InChI=1S/C10H14.C6H10O3/c1-10(2,3)9-7-5-4-6-8-9;1(5-3-8-5)7-2-6-4-9-6/h4-8H,1-3H3;5-6H,1-4H2. The zero-order chi connectivity index (χ0) is 13.7. The molecule has 1 aromatic carbocycles. The Morgan fingerprint density at radius 2 is 1.47 bits per heavy atom. The minimum atomic E-state index is 0.293. The van der Waals surface area contributed by atoms with Crippen LogP contribution in [0.5, 0.6) is 0 Å². The first kappa shape index (κ1) is 14.5. The Hall–Kier alpha value is -0.900. The van der Waals surface area contributed by atoms with Gasteiger partial charge in [-0.2, -0.15) is 0 Å². The third-order valence-electron chi connectivity index (χ3n) is 3.05. The van der Waals surface area contributed by atoms with Gasteiger partial charge in [-0.15, -0.1) is 0 Å². The molecule has 2 aliphatic rings. The smallest absolute Gasteiger partial charge is 0.104 e. The van der Waals surface area contributed by atoms with Gasteiger partial charge in [-0.25, -0.2) is 0 Å².